The molecule has 0 aliphatic carbocycles. The Bertz CT molecular complexity index is 1140. The number of fused-ring (bicyclic) bond motifs is 1. The zero-order chi connectivity index (χ0) is 23.8. The van der Waals surface area contributed by atoms with Crippen LogP contribution in [0.1, 0.15) is 31.9 Å². The third-order valence-corrected chi connectivity index (χ3v) is 6.06. The topological polar surface area (TPSA) is 60.6 Å². The van der Waals surface area contributed by atoms with Gasteiger partial charge in [-0.3, -0.25) is 4.79 Å². The smallest absolute Gasteiger partial charge is 0.253 e. The van der Waals surface area contributed by atoms with Crippen molar-refractivity contribution in [2.45, 2.75) is 34.2 Å². The van der Waals surface area contributed by atoms with Crippen molar-refractivity contribution in [1.82, 2.24) is 14.8 Å². The van der Waals surface area contributed by atoms with Gasteiger partial charge in [0.25, 0.3) is 5.56 Å². The van der Waals surface area contributed by atoms with Gasteiger partial charge >= 0.3 is 0 Å². The molecule has 0 atom stereocenters. The normalized spacial score (nSPS) is 11.1. The standard InChI is InChI=1S/C26H34N4O2S/c1-5-29(6-2)13-14-30(26(33)27-22-10-8-9-19(4)15-22)18-21-16-20-17-23(32-7-3)11-12-24(20)28-25(21)31/h8-12,15-17H,5-7,13-14,18H2,1-4H3,(H,27,33)(H,28,31). The molecule has 3 rings (SSSR count). The Morgan fingerprint density at radius 3 is 2.55 bits per heavy atom. The van der Waals surface area contributed by atoms with Gasteiger partial charge in [-0.05, 0) is 81.1 Å². The molecule has 0 bridgehead atoms. The summed E-state index contributed by atoms with van der Waals surface area (Å²) >= 11 is 5.78. The summed E-state index contributed by atoms with van der Waals surface area (Å²) in [6.45, 7) is 12.9. The van der Waals surface area contributed by atoms with Crippen LogP contribution in [0.2, 0.25) is 0 Å². The van der Waals surface area contributed by atoms with Crippen molar-refractivity contribution in [2.24, 2.45) is 0 Å². The highest BCUT2D eigenvalue weighted by atomic mass is 32.1. The molecule has 0 fully saturated rings. The van der Waals surface area contributed by atoms with Crippen LogP contribution in [-0.4, -0.2) is 52.7 Å². The number of aromatic amines is 1. The lowest BCUT2D eigenvalue weighted by atomic mass is 10.1. The molecule has 33 heavy (non-hydrogen) atoms. The maximum atomic E-state index is 12.9. The number of likely N-dealkylation sites (N-methyl/N-ethyl adjacent to an activating group) is 1. The van der Waals surface area contributed by atoms with E-state index in [0.717, 1.165) is 54.1 Å². The Morgan fingerprint density at radius 2 is 1.85 bits per heavy atom. The lowest BCUT2D eigenvalue weighted by molar-refractivity contribution is 0.266. The van der Waals surface area contributed by atoms with Gasteiger partial charge in [0.05, 0.1) is 13.2 Å². The Balaban J connectivity index is 1.87. The first-order valence-corrected chi connectivity index (χ1v) is 12.0. The molecular weight excluding hydrogens is 432 g/mol. The highest BCUT2D eigenvalue weighted by molar-refractivity contribution is 7.80. The number of aromatic nitrogens is 1. The predicted molar refractivity (Wildman–Crippen MR) is 141 cm³/mol. The van der Waals surface area contributed by atoms with E-state index in [-0.39, 0.29) is 5.56 Å². The molecule has 2 aromatic carbocycles. The molecule has 0 saturated heterocycles. The summed E-state index contributed by atoms with van der Waals surface area (Å²) in [4.78, 5) is 20.3. The van der Waals surface area contributed by atoms with Gasteiger partial charge < -0.3 is 24.8 Å². The number of nitrogens with zero attached hydrogens (tertiary/aromatic N) is 2. The van der Waals surface area contributed by atoms with E-state index in [1.807, 2.05) is 43.3 Å². The average molecular weight is 467 g/mol. The van der Waals surface area contributed by atoms with E-state index >= 15 is 0 Å². The first-order chi connectivity index (χ1) is 15.9. The predicted octanol–water partition coefficient (Wildman–Crippen LogP) is 4.78. The molecule has 0 saturated carbocycles. The second kappa shape index (κ2) is 11.8. The fraction of sp³-hybridized carbons (Fsp3) is 0.385. The molecule has 2 N–H and O–H groups in total. The summed E-state index contributed by atoms with van der Waals surface area (Å²) in [5.74, 6) is 0.790. The second-order valence-corrected chi connectivity index (χ2v) is 8.44. The van der Waals surface area contributed by atoms with Crippen molar-refractivity contribution in [3.63, 3.8) is 0 Å². The number of benzene rings is 2. The summed E-state index contributed by atoms with van der Waals surface area (Å²) in [5.41, 5.74) is 3.47. The van der Waals surface area contributed by atoms with E-state index < -0.39 is 0 Å². The van der Waals surface area contributed by atoms with Crippen LogP contribution in [0.15, 0.2) is 53.3 Å². The van der Waals surface area contributed by atoms with E-state index in [0.29, 0.717) is 23.8 Å². The van der Waals surface area contributed by atoms with Crippen molar-refractivity contribution in [3.8, 4) is 5.75 Å². The van der Waals surface area contributed by atoms with Crippen LogP contribution >= 0.6 is 12.2 Å². The third kappa shape index (κ3) is 6.79. The summed E-state index contributed by atoms with van der Waals surface area (Å²) in [6, 6.07) is 15.8. The molecule has 0 spiro atoms. The molecule has 176 valence electrons. The number of ether oxygens (including phenoxy) is 1. The number of hydrogen-bond donors (Lipinski definition) is 2. The molecule has 0 aliphatic heterocycles. The minimum absolute atomic E-state index is 0.0992. The van der Waals surface area contributed by atoms with Gasteiger partial charge in [-0.1, -0.05) is 26.0 Å². The van der Waals surface area contributed by atoms with Crippen LogP contribution in [0, 0.1) is 6.92 Å². The zero-order valence-electron chi connectivity index (χ0n) is 20.0. The molecule has 0 unspecified atom stereocenters. The molecular formula is C26H34N4O2S. The Labute approximate surface area is 201 Å². The molecule has 0 radical (unpaired) electrons. The van der Waals surface area contributed by atoms with Crippen molar-refractivity contribution in [1.29, 1.82) is 0 Å². The van der Waals surface area contributed by atoms with Gasteiger partial charge in [0.2, 0.25) is 0 Å². The van der Waals surface area contributed by atoms with Crippen LogP contribution < -0.4 is 15.6 Å². The van der Waals surface area contributed by atoms with Gasteiger partial charge in [0.1, 0.15) is 5.75 Å². The van der Waals surface area contributed by atoms with E-state index in [1.165, 1.54) is 0 Å². The minimum atomic E-state index is -0.0992. The van der Waals surface area contributed by atoms with Crippen molar-refractivity contribution in [2.75, 3.05) is 38.1 Å². The number of pyridine rings is 1. The lowest BCUT2D eigenvalue weighted by Crippen LogP contribution is -2.41. The molecule has 6 nitrogen and oxygen atoms in total. The van der Waals surface area contributed by atoms with Crippen LogP contribution in [0.3, 0.4) is 0 Å². The summed E-state index contributed by atoms with van der Waals surface area (Å²) in [7, 11) is 0. The quantitative estimate of drug-likeness (QED) is 0.420. The number of thiocarbonyl (C=S) groups is 1. The van der Waals surface area contributed by atoms with Crippen molar-refractivity contribution >= 4 is 33.9 Å². The van der Waals surface area contributed by atoms with Crippen LogP contribution in [0.4, 0.5) is 5.69 Å². The van der Waals surface area contributed by atoms with E-state index in [4.69, 9.17) is 17.0 Å². The third-order valence-electron chi connectivity index (χ3n) is 5.70. The van der Waals surface area contributed by atoms with Crippen LogP contribution in [0.5, 0.6) is 5.75 Å². The minimum Gasteiger partial charge on any atom is -0.494 e. The summed E-state index contributed by atoms with van der Waals surface area (Å²) in [6.07, 6.45) is 0. The number of hydrogen-bond acceptors (Lipinski definition) is 4. The monoisotopic (exact) mass is 466 g/mol. The molecule has 1 heterocycles. The second-order valence-electron chi connectivity index (χ2n) is 8.05. The van der Waals surface area contributed by atoms with Gasteiger partial charge in [0.15, 0.2) is 5.11 Å². The largest absolute Gasteiger partial charge is 0.494 e. The fourth-order valence-corrected chi connectivity index (χ4v) is 4.06. The fourth-order valence-electron chi connectivity index (χ4n) is 3.79. The number of rotatable bonds is 10. The first kappa shape index (κ1) is 24.7. The van der Waals surface area contributed by atoms with Crippen molar-refractivity contribution < 1.29 is 4.74 Å². The highest BCUT2D eigenvalue weighted by Crippen LogP contribution is 2.20. The SMILES string of the molecule is CCOc1ccc2[nH]c(=O)c(CN(CCN(CC)CC)C(=S)Nc3cccc(C)c3)cc2c1. The summed E-state index contributed by atoms with van der Waals surface area (Å²) in [5, 5.41) is 4.90. The van der Waals surface area contributed by atoms with Gasteiger partial charge in [-0.25, -0.2) is 0 Å². The molecule has 1 aromatic heterocycles. The van der Waals surface area contributed by atoms with Gasteiger partial charge in [0, 0.05) is 35.2 Å². The molecule has 7 heteroatoms. The maximum Gasteiger partial charge on any atom is 0.253 e. The van der Waals surface area contributed by atoms with E-state index in [1.54, 1.807) is 0 Å². The van der Waals surface area contributed by atoms with Crippen molar-refractivity contribution in [3.05, 3.63) is 70.0 Å². The van der Waals surface area contributed by atoms with Gasteiger partial charge in [-0.15, -0.1) is 0 Å². The number of aryl methyl sites for hydroxylation is 1. The van der Waals surface area contributed by atoms with E-state index in [2.05, 4.69) is 53.0 Å². The molecule has 3 aromatic rings. The van der Waals surface area contributed by atoms with Crippen LogP contribution in [-0.2, 0) is 6.54 Å². The zero-order valence-corrected chi connectivity index (χ0v) is 20.8. The van der Waals surface area contributed by atoms with Crippen LogP contribution in [0.25, 0.3) is 10.9 Å². The number of anilines is 1. The average Bonchev–Trinajstić information content (AvgIpc) is 2.79. The number of nitrogens with one attached hydrogen (secondary N) is 2. The Kier molecular flexibility index (Phi) is 8.86. The molecule has 0 aliphatic rings. The Hall–Kier alpha value is -2.90. The van der Waals surface area contributed by atoms with E-state index in [9.17, 15) is 4.79 Å². The van der Waals surface area contributed by atoms with Gasteiger partial charge in [-0.2, -0.15) is 0 Å². The first-order valence-electron chi connectivity index (χ1n) is 11.6. The molecule has 0 amide bonds. The Morgan fingerprint density at radius 1 is 1.06 bits per heavy atom. The lowest BCUT2D eigenvalue weighted by Gasteiger charge is -2.29. The highest BCUT2D eigenvalue weighted by Gasteiger charge is 2.15. The summed E-state index contributed by atoms with van der Waals surface area (Å²) < 4.78 is 5.63. The maximum absolute atomic E-state index is 12.9. The number of H-pyrrole nitrogens is 1.